The monoisotopic (exact) mass is 403 g/mol. The summed E-state index contributed by atoms with van der Waals surface area (Å²) in [6, 6.07) is 16.2. The smallest absolute Gasteiger partial charge is 0.211 e. The molecule has 0 spiro atoms. The van der Waals surface area contributed by atoms with Crippen molar-refractivity contribution in [3.63, 3.8) is 0 Å². The fourth-order valence-corrected chi connectivity index (χ4v) is 4.88. The second-order valence-corrected chi connectivity index (χ2v) is 9.57. The lowest BCUT2D eigenvalue weighted by atomic mass is 10.1. The summed E-state index contributed by atoms with van der Waals surface area (Å²) >= 11 is 1.73. The van der Waals surface area contributed by atoms with Crippen LogP contribution in [-0.4, -0.2) is 47.2 Å². The maximum absolute atomic E-state index is 12.1. The fourth-order valence-electron chi connectivity index (χ4n) is 3.00. The Balaban J connectivity index is 1.47. The van der Waals surface area contributed by atoms with Crippen LogP contribution < -0.4 is 0 Å². The molecule has 3 aromatic rings. The van der Waals surface area contributed by atoms with E-state index in [2.05, 4.69) is 27.6 Å². The third-order valence-corrected chi connectivity index (χ3v) is 6.80. The first-order valence-electron chi connectivity index (χ1n) is 9.08. The summed E-state index contributed by atoms with van der Waals surface area (Å²) in [4.78, 5) is 4.29. The maximum Gasteiger partial charge on any atom is 0.211 e. The van der Waals surface area contributed by atoms with Gasteiger partial charge in [0.1, 0.15) is 5.65 Å². The van der Waals surface area contributed by atoms with Crippen LogP contribution >= 0.6 is 11.8 Å². The van der Waals surface area contributed by atoms with Gasteiger partial charge in [0.05, 0.1) is 11.3 Å². The first-order valence-corrected chi connectivity index (χ1v) is 11.9. The average molecular weight is 404 g/mol. The SMILES string of the molecule is CS(=O)(=O)N(CCCSc1cccc2nccn12)CCCc1ccccc1. The topological polar surface area (TPSA) is 54.7 Å². The number of imidazole rings is 1. The molecule has 0 aliphatic rings. The second kappa shape index (κ2) is 9.39. The molecular weight excluding hydrogens is 378 g/mol. The minimum atomic E-state index is -3.18. The van der Waals surface area contributed by atoms with E-state index in [0.717, 1.165) is 35.7 Å². The van der Waals surface area contributed by atoms with Gasteiger partial charge in [0.2, 0.25) is 10.0 Å². The van der Waals surface area contributed by atoms with E-state index in [1.807, 2.05) is 36.5 Å². The molecule has 0 amide bonds. The van der Waals surface area contributed by atoms with Crippen molar-refractivity contribution in [2.75, 3.05) is 25.1 Å². The first kappa shape index (κ1) is 19.9. The van der Waals surface area contributed by atoms with E-state index >= 15 is 0 Å². The zero-order chi connectivity index (χ0) is 19.1. The standard InChI is InChI=1S/C20H25N3O2S2/c1-27(24,25)22(14-6-10-18-8-3-2-4-9-18)15-7-17-26-20-12-5-11-19-21-13-16-23(19)20/h2-5,8-9,11-13,16H,6-7,10,14-15,17H2,1H3. The minimum absolute atomic E-state index is 0.556. The quantitative estimate of drug-likeness (QED) is 0.382. The van der Waals surface area contributed by atoms with Crippen LogP contribution in [0.2, 0.25) is 0 Å². The van der Waals surface area contributed by atoms with Gasteiger partial charge in [-0.15, -0.1) is 11.8 Å². The van der Waals surface area contributed by atoms with Crippen LogP contribution in [0.5, 0.6) is 0 Å². The van der Waals surface area contributed by atoms with Crippen molar-refractivity contribution >= 4 is 27.4 Å². The Kier molecular flexibility index (Phi) is 6.93. The van der Waals surface area contributed by atoms with Gasteiger partial charge in [-0.3, -0.25) is 4.40 Å². The second-order valence-electron chi connectivity index (χ2n) is 6.47. The van der Waals surface area contributed by atoms with E-state index in [1.165, 1.54) is 11.8 Å². The normalized spacial score (nSPS) is 12.1. The summed E-state index contributed by atoms with van der Waals surface area (Å²) in [5.41, 5.74) is 2.17. The van der Waals surface area contributed by atoms with Crippen LogP contribution in [0.25, 0.3) is 5.65 Å². The van der Waals surface area contributed by atoms with E-state index in [1.54, 1.807) is 22.3 Å². The fraction of sp³-hybridized carbons (Fsp3) is 0.350. The molecule has 27 heavy (non-hydrogen) atoms. The van der Waals surface area contributed by atoms with Gasteiger partial charge in [-0.25, -0.2) is 17.7 Å². The lowest BCUT2D eigenvalue weighted by molar-refractivity contribution is 0.408. The van der Waals surface area contributed by atoms with Crippen molar-refractivity contribution in [3.05, 3.63) is 66.5 Å². The molecular formula is C20H25N3O2S2. The van der Waals surface area contributed by atoms with Crippen LogP contribution in [0.4, 0.5) is 0 Å². The summed E-state index contributed by atoms with van der Waals surface area (Å²) in [6.45, 7) is 1.12. The lowest BCUT2D eigenvalue weighted by Crippen LogP contribution is -2.32. The number of nitrogens with zero attached hydrogens (tertiary/aromatic N) is 3. The molecule has 7 heteroatoms. The zero-order valence-electron chi connectivity index (χ0n) is 15.5. The van der Waals surface area contributed by atoms with Gasteiger partial charge >= 0.3 is 0 Å². The molecule has 0 bridgehead atoms. The van der Waals surface area contributed by atoms with E-state index < -0.39 is 10.0 Å². The Morgan fingerprint density at radius 2 is 1.81 bits per heavy atom. The molecule has 0 N–H and O–H groups in total. The molecule has 5 nitrogen and oxygen atoms in total. The Bertz CT molecular complexity index is 956. The first-order chi connectivity index (χ1) is 13.0. The molecule has 0 unspecified atom stereocenters. The Hall–Kier alpha value is -1.83. The van der Waals surface area contributed by atoms with Crippen LogP contribution in [0, 0.1) is 0 Å². The molecule has 0 saturated heterocycles. The number of aryl methyl sites for hydroxylation is 1. The number of benzene rings is 1. The molecule has 0 radical (unpaired) electrons. The number of sulfonamides is 1. The van der Waals surface area contributed by atoms with Crippen LogP contribution in [0.3, 0.4) is 0 Å². The number of aromatic nitrogens is 2. The molecule has 0 fully saturated rings. The van der Waals surface area contributed by atoms with Crippen LogP contribution in [-0.2, 0) is 16.4 Å². The summed E-state index contributed by atoms with van der Waals surface area (Å²) in [5.74, 6) is 0.863. The number of hydrogen-bond donors (Lipinski definition) is 0. The van der Waals surface area contributed by atoms with Crippen molar-refractivity contribution in [3.8, 4) is 0 Å². The van der Waals surface area contributed by atoms with E-state index in [-0.39, 0.29) is 0 Å². The van der Waals surface area contributed by atoms with E-state index in [9.17, 15) is 8.42 Å². The maximum atomic E-state index is 12.1. The summed E-state index contributed by atoms with van der Waals surface area (Å²) in [6.07, 6.45) is 7.58. The number of thioether (sulfide) groups is 1. The molecule has 2 heterocycles. The zero-order valence-corrected chi connectivity index (χ0v) is 17.1. The number of fused-ring (bicyclic) bond motifs is 1. The van der Waals surface area contributed by atoms with Gasteiger partial charge < -0.3 is 0 Å². The minimum Gasteiger partial charge on any atom is -0.294 e. The van der Waals surface area contributed by atoms with Gasteiger partial charge in [0.25, 0.3) is 0 Å². The van der Waals surface area contributed by atoms with E-state index in [0.29, 0.717) is 13.1 Å². The van der Waals surface area contributed by atoms with Crippen LogP contribution in [0.1, 0.15) is 18.4 Å². The Morgan fingerprint density at radius 3 is 2.59 bits per heavy atom. The summed E-state index contributed by atoms with van der Waals surface area (Å²) < 4.78 is 27.8. The predicted octanol–water partition coefficient (Wildman–Crippen LogP) is 3.71. The predicted molar refractivity (Wildman–Crippen MR) is 112 cm³/mol. The van der Waals surface area contributed by atoms with Crippen LogP contribution in [0.15, 0.2) is 66.0 Å². The number of hydrogen-bond acceptors (Lipinski definition) is 4. The number of pyridine rings is 1. The third-order valence-electron chi connectivity index (χ3n) is 4.38. The molecule has 3 rings (SSSR count). The third kappa shape index (κ3) is 5.82. The Morgan fingerprint density at radius 1 is 1.04 bits per heavy atom. The molecule has 2 aromatic heterocycles. The summed E-state index contributed by atoms with van der Waals surface area (Å²) in [5, 5.41) is 1.12. The van der Waals surface area contributed by atoms with Gasteiger partial charge in [-0.1, -0.05) is 36.4 Å². The largest absolute Gasteiger partial charge is 0.294 e. The highest BCUT2D eigenvalue weighted by Gasteiger charge is 2.15. The van der Waals surface area contributed by atoms with Crippen molar-refractivity contribution in [2.45, 2.75) is 24.3 Å². The highest BCUT2D eigenvalue weighted by molar-refractivity contribution is 7.99. The summed E-state index contributed by atoms with van der Waals surface area (Å²) in [7, 11) is -3.18. The van der Waals surface area contributed by atoms with Gasteiger partial charge in [0, 0.05) is 31.2 Å². The van der Waals surface area contributed by atoms with Gasteiger partial charge in [-0.2, -0.15) is 0 Å². The Labute approximate surface area is 165 Å². The highest BCUT2D eigenvalue weighted by atomic mass is 32.2. The molecule has 0 aliphatic heterocycles. The van der Waals surface area contributed by atoms with Gasteiger partial charge in [0.15, 0.2) is 0 Å². The lowest BCUT2D eigenvalue weighted by Gasteiger charge is -2.19. The van der Waals surface area contributed by atoms with Crippen molar-refractivity contribution in [1.29, 1.82) is 0 Å². The molecule has 1 aromatic carbocycles. The van der Waals surface area contributed by atoms with Crippen molar-refractivity contribution in [2.24, 2.45) is 0 Å². The van der Waals surface area contributed by atoms with Gasteiger partial charge in [-0.05, 0) is 37.0 Å². The average Bonchev–Trinajstić information content (AvgIpc) is 3.13. The van der Waals surface area contributed by atoms with Crippen molar-refractivity contribution in [1.82, 2.24) is 13.7 Å². The highest BCUT2D eigenvalue weighted by Crippen LogP contribution is 2.20. The number of rotatable bonds is 10. The molecule has 0 saturated carbocycles. The molecule has 0 atom stereocenters. The molecule has 144 valence electrons. The van der Waals surface area contributed by atoms with E-state index in [4.69, 9.17) is 0 Å². The van der Waals surface area contributed by atoms with Crippen molar-refractivity contribution < 1.29 is 8.42 Å². The molecule has 0 aliphatic carbocycles.